The van der Waals surface area contributed by atoms with Crippen molar-refractivity contribution < 1.29 is 9.53 Å². The molecule has 118 valence electrons. The second-order valence-electron chi connectivity index (χ2n) is 7.56. The van der Waals surface area contributed by atoms with E-state index < -0.39 is 0 Å². The summed E-state index contributed by atoms with van der Waals surface area (Å²) in [5, 5.41) is 6.22. The summed E-state index contributed by atoms with van der Waals surface area (Å²) in [5.74, 6) is 0. The van der Waals surface area contributed by atoms with Gasteiger partial charge >= 0.3 is 6.03 Å². The van der Waals surface area contributed by atoms with E-state index in [1.54, 1.807) is 0 Å². The van der Waals surface area contributed by atoms with Gasteiger partial charge in [0.15, 0.2) is 0 Å². The van der Waals surface area contributed by atoms with E-state index in [1.165, 1.54) is 24.8 Å². The zero-order valence-electron chi connectivity index (χ0n) is 13.3. The lowest BCUT2D eigenvalue weighted by Gasteiger charge is -2.27. The van der Waals surface area contributed by atoms with Crippen LogP contribution in [0, 0.1) is 10.8 Å². The third-order valence-electron chi connectivity index (χ3n) is 5.58. The Morgan fingerprint density at radius 1 is 1.43 bits per heavy atom. The van der Waals surface area contributed by atoms with E-state index in [0.29, 0.717) is 18.0 Å². The monoisotopic (exact) mass is 292 g/mol. The Bertz CT molecular complexity index is 436. The van der Waals surface area contributed by atoms with Gasteiger partial charge in [-0.3, -0.25) is 0 Å². The summed E-state index contributed by atoms with van der Waals surface area (Å²) >= 11 is 0. The molecular weight excluding hydrogens is 264 g/mol. The second kappa shape index (κ2) is 5.64. The number of allylic oxidation sites excluding steroid dienone is 1. The first kappa shape index (κ1) is 14.9. The molecule has 3 rings (SSSR count). The smallest absolute Gasteiger partial charge is 0.315 e. The number of nitrogens with one attached hydrogen (secondary N) is 2. The molecule has 21 heavy (non-hydrogen) atoms. The van der Waals surface area contributed by atoms with Crippen LogP contribution in [0.2, 0.25) is 0 Å². The number of ether oxygens (including phenoxy) is 1. The number of rotatable bonds is 4. The van der Waals surface area contributed by atoms with E-state index in [4.69, 9.17) is 4.74 Å². The van der Waals surface area contributed by atoms with Gasteiger partial charge in [-0.15, -0.1) is 0 Å². The fourth-order valence-corrected chi connectivity index (χ4v) is 3.79. The van der Waals surface area contributed by atoms with Crippen LogP contribution in [0.4, 0.5) is 4.79 Å². The van der Waals surface area contributed by atoms with Crippen LogP contribution in [0.3, 0.4) is 0 Å². The topological polar surface area (TPSA) is 50.4 Å². The first-order chi connectivity index (χ1) is 10.0. The number of carbonyl (C=O) groups excluding carboxylic acids is 1. The molecule has 0 radical (unpaired) electrons. The largest absolute Gasteiger partial charge is 0.381 e. The summed E-state index contributed by atoms with van der Waals surface area (Å²) in [6.07, 6.45) is 9.29. The minimum Gasteiger partial charge on any atom is -0.381 e. The van der Waals surface area contributed by atoms with Crippen molar-refractivity contribution in [2.75, 3.05) is 19.8 Å². The number of urea groups is 1. The maximum absolute atomic E-state index is 12.1. The highest BCUT2D eigenvalue weighted by Gasteiger charge is 2.55. The molecule has 2 fully saturated rings. The van der Waals surface area contributed by atoms with Gasteiger partial charge in [-0.2, -0.15) is 0 Å². The normalized spacial score (nSPS) is 27.3. The molecule has 1 unspecified atom stereocenters. The molecule has 2 aliphatic carbocycles. The Morgan fingerprint density at radius 2 is 2.19 bits per heavy atom. The van der Waals surface area contributed by atoms with Crippen molar-refractivity contribution in [3.63, 3.8) is 0 Å². The number of carbonyl (C=O) groups is 1. The maximum Gasteiger partial charge on any atom is 0.315 e. The van der Waals surface area contributed by atoms with Crippen molar-refractivity contribution in [3.8, 4) is 0 Å². The molecule has 0 bridgehead atoms. The number of hydrogen-bond acceptors (Lipinski definition) is 2. The Kier molecular flexibility index (Phi) is 4.00. The van der Waals surface area contributed by atoms with E-state index in [2.05, 4.69) is 30.6 Å². The molecule has 0 aromatic rings. The van der Waals surface area contributed by atoms with E-state index >= 15 is 0 Å². The van der Waals surface area contributed by atoms with Crippen molar-refractivity contribution in [2.45, 2.75) is 58.4 Å². The first-order valence-electron chi connectivity index (χ1n) is 8.34. The lowest BCUT2D eigenvalue weighted by atomic mass is 9.83. The molecule has 2 N–H and O–H groups in total. The van der Waals surface area contributed by atoms with E-state index in [0.717, 1.165) is 32.5 Å². The van der Waals surface area contributed by atoms with E-state index in [9.17, 15) is 4.79 Å². The third-order valence-corrected chi connectivity index (χ3v) is 5.58. The standard InChI is InChI=1S/C17H28N2O2/c1-16(2,13-5-3-4-6-13)12-18-15(20)19-14-11-17(14)7-9-21-10-8-17/h5,14H,3-4,6-12H2,1-2H3,(H2,18,19,20). The molecule has 0 aromatic carbocycles. The Balaban J connectivity index is 1.43. The number of amides is 2. The molecule has 1 saturated heterocycles. The number of hydrogen-bond donors (Lipinski definition) is 2. The molecule has 1 atom stereocenters. The molecule has 2 amide bonds. The van der Waals surface area contributed by atoms with E-state index in [1.807, 2.05) is 0 Å². The molecule has 1 aliphatic heterocycles. The van der Waals surface area contributed by atoms with Gasteiger partial charge in [0, 0.05) is 31.2 Å². The quantitative estimate of drug-likeness (QED) is 0.783. The second-order valence-corrected chi connectivity index (χ2v) is 7.56. The van der Waals surface area contributed by atoms with Crippen molar-refractivity contribution >= 4 is 6.03 Å². The summed E-state index contributed by atoms with van der Waals surface area (Å²) in [6.45, 7) is 6.86. The van der Waals surface area contributed by atoms with Crippen molar-refractivity contribution in [1.29, 1.82) is 0 Å². The van der Waals surface area contributed by atoms with Crippen LogP contribution < -0.4 is 10.6 Å². The zero-order valence-corrected chi connectivity index (χ0v) is 13.3. The lowest BCUT2D eigenvalue weighted by molar-refractivity contribution is 0.0547. The van der Waals surface area contributed by atoms with Crippen LogP contribution >= 0.6 is 0 Å². The van der Waals surface area contributed by atoms with Gasteiger partial charge in [-0.25, -0.2) is 4.79 Å². The summed E-state index contributed by atoms with van der Waals surface area (Å²) in [4.78, 5) is 12.1. The molecule has 3 aliphatic rings. The van der Waals surface area contributed by atoms with Gasteiger partial charge in [-0.1, -0.05) is 25.5 Å². The van der Waals surface area contributed by atoms with Crippen LogP contribution in [0.25, 0.3) is 0 Å². The summed E-state index contributed by atoms with van der Waals surface area (Å²) in [5.41, 5.74) is 1.92. The van der Waals surface area contributed by atoms with Crippen molar-refractivity contribution in [2.24, 2.45) is 10.8 Å². The maximum atomic E-state index is 12.1. The van der Waals surface area contributed by atoms with Crippen LogP contribution in [-0.2, 0) is 4.74 Å². The molecule has 1 saturated carbocycles. The molecule has 4 heteroatoms. The molecule has 4 nitrogen and oxygen atoms in total. The molecular formula is C17H28N2O2. The highest BCUT2D eigenvalue weighted by molar-refractivity contribution is 5.75. The van der Waals surface area contributed by atoms with E-state index in [-0.39, 0.29) is 11.4 Å². The van der Waals surface area contributed by atoms with Crippen LogP contribution in [0.1, 0.15) is 52.4 Å². The average molecular weight is 292 g/mol. The van der Waals surface area contributed by atoms with Crippen LogP contribution in [0.5, 0.6) is 0 Å². The predicted octanol–water partition coefficient (Wildman–Crippen LogP) is 2.99. The predicted molar refractivity (Wildman–Crippen MR) is 83.1 cm³/mol. The first-order valence-corrected chi connectivity index (χ1v) is 8.34. The third kappa shape index (κ3) is 3.25. The van der Waals surface area contributed by atoms with Gasteiger partial charge in [0.05, 0.1) is 0 Å². The molecule has 0 aromatic heterocycles. The molecule has 1 heterocycles. The van der Waals surface area contributed by atoms with Crippen LogP contribution in [0.15, 0.2) is 11.6 Å². The fourth-order valence-electron chi connectivity index (χ4n) is 3.79. The Labute approximate surface area is 127 Å². The van der Waals surface area contributed by atoms with Crippen molar-refractivity contribution in [1.82, 2.24) is 10.6 Å². The minimum atomic E-state index is -0.00459. The fraction of sp³-hybridized carbons (Fsp3) is 0.824. The van der Waals surface area contributed by atoms with Gasteiger partial charge < -0.3 is 15.4 Å². The Morgan fingerprint density at radius 3 is 2.86 bits per heavy atom. The van der Waals surface area contributed by atoms with Gasteiger partial charge in [-0.05, 0) is 43.9 Å². The highest BCUT2D eigenvalue weighted by atomic mass is 16.5. The zero-order chi connectivity index (χ0) is 14.9. The van der Waals surface area contributed by atoms with Crippen molar-refractivity contribution in [3.05, 3.63) is 11.6 Å². The summed E-state index contributed by atoms with van der Waals surface area (Å²) in [6, 6.07) is 0.352. The average Bonchev–Trinajstić information content (AvgIpc) is 2.93. The van der Waals surface area contributed by atoms with Gasteiger partial charge in [0.2, 0.25) is 0 Å². The SMILES string of the molecule is CC(C)(CNC(=O)NC1CC12CCOCC2)C1=CCCC1. The summed E-state index contributed by atoms with van der Waals surface area (Å²) < 4.78 is 5.41. The molecule has 1 spiro atoms. The van der Waals surface area contributed by atoms with Gasteiger partial charge in [0.1, 0.15) is 0 Å². The highest BCUT2D eigenvalue weighted by Crippen LogP contribution is 2.53. The summed E-state index contributed by atoms with van der Waals surface area (Å²) in [7, 11) is 0. The van der Waals surface area contributed by atoms with Gasteiger partial charge in [0.25, 0.3) is 0 Å². The lowest BCUT2D eigenvalue weighted by Crippen LogP contribution is -2.43. The Hall–Kier alpha value is -1.03. The minimum absolute atomic E-state index is 0.00459. The van der Waals surface area contributed by atoms with Crippen LogP contribution in [-0.4, -0.2) is 31.8 Å².